The van der Waals surface area contributed by atoms with Gasteiger partial charge in [0.25, 0.3) is 0 Å². The molecule has 3 aromatic rings. The van der Waals surface area contributed by atoms with Crippen LogP contribution in [0.2, 0.25) is 0 Å². The summed E-state index contributed by atoms with van der Waals surface area (Å²) in [5.74, 6) is 0. The number of hydrogen-bond donors (Lipinski definition) is 1. The summed E-state index contributed by atoms with van der Waals surface area (Å²) in [5, 5.41) is 4.94. The molecule has 0 saturated carbocycles. The van der Waals surface area contributed by atoms with Gasteiger partial charge in [-0.1, -0.05) is 60.7 Å². The first-order valence-electron chi connectivity index (χ1n) is 10.0. The summed E-state index contributed by atoms with van der Waals surface area (Å²) in [5.41, 5.74) is 0.610. The number of benzene rings is 3. The molecule has 1 N–H and O–H groups in total. The third-order valence-electron chi connectivity index (χ3n) is 4.38. The van der Waals surface area contributed by atoms with Crippen molar-refractivity contribution < 1.29 is 17.3 Å². The number of fused-ring (bicyclic) bond motifs is 1. The van der Waals surface area contributed by atoms with E-state index < -0.39 is 24.6 Å². The monoisotopic (exact) mass is 396 g/mol. The molecule has 0 saturated heterocycles. The molecule has 0 aromatic heterocycles. The summed E-state index contributed by atoms with van der Waals surface area (Å²) < 4.78 is 62.3. The van der Waals surface area contributed by atoms with Crippen molar-refractivity contribution in [2.45, 2.75) is 31.9 Å². The van der Waals surface area contributed by atoms with Gasteiger partial charge in [-0.25, -0.2) is 0 Å². The van der Waals surface area contributed by atoms with Crippen LogP contribution in [0.15, 0.2) is 66.7 Å². The van der Waals surface area contributed by atoms with Crippen molar-refractivity contribution in [2.24, 2.45) is 0 Å². The second-order valence-corrected chi connectivity index (χ2v) is 6.26. The SMILES string of the molecule is Cl.[2H]C([2H])([2H])[C@@H](NCCCc1cccc(C(F)(F)F)c1)c1cccc2ccccc12. The first-order valence-corrected chi connectivity index (χ1v) is 8.53. The summed E-state index contributed by atoms with van der Waals surface area (Å²) >= 11 is 0. The van der Waals surface area contributed by atoms with E-state index in [0.717, 1.165) is 22.9 Å². The highest BCUT2D eigenvalue weighted by Gasteiger charge is 2.30. The van der Waals surface area contributed by atoms with E-state index in [1.807, 2.05) is 36.4 Å². The number of rotatable bonds is 6. The van der Waals surface area contributed by atoms with Crippen molar-refractivity contribution in [3.05, 3.63) is 83.4 Å². The number of hydrogen-bond acceptors (Lipinski definition) is 1. The highest BCUT2D eigenvalue weighted by molar-refractivity contribution is 5.86. The molecular formula is C22H23ClF3N. The van der Waals surface area contributed by atoms with Crippen LogP contribution in [0, 0.1) is 0 Å². The van der Waals surface area contributed by atoms with Crippen LogP contribution in [0.3, 0.4) is 0 Å². The molecule has 3 rings (SSSR count). The predicted octanol–water partition coefficient (Wildman–Crippen LogP) is 6.56. The molecule has 0 unspecified atom stereocenters. The molecule has 27 heavy (non-hydrogen) atoms. The highest BCUT2D eigenvalue weighted by Crippen LogP contribution is 2.29. The minimum Gasteiger partial charge on any atom is -0.310 e. The summed E-state index contributed by atoms with van der Waals surface area (Å²) in [6, 6.07) is 17.6. The lowest BCUT2D eigenvalue weighted by atomic mass is 9.99. The number of nitrogens with one attached hydrogen (secondary N) is 1. The molecule has 144 valence electrons. The maximum atomic E-state index is 12.8. The van der Waals surface area contributed by atoms with E-state index in [1.165, 1.54) is 6.07 Å². The molecule has 0 heterocycles. The predicted molar refractivity (Wildman–Crippen MR) is 107 cm³/mol. The van der Waals surface area contributed by atoms with Crippen LogP contribution in [-0.4, -0.2) is 6.54 Å². The summed E-state index contributed by atoms with van der Waals surface area (Å²) in [6.07, 6.45) is -3.41. The minimum atomic E-state index is -4.37. The Balaban J connectivity index is 0.00000320. The van der Waals surface area contributed by atoms with Crippen molar-refractivity contribution >= 4 is 23.2 Å². The maximum absolute atomic E-state index is 12.8. The van der Waals surface area contributed by atoms with Gasteiger partial charge in [-0.15, -0.1) is 12.4 Å². The van der Waals surface area contributed by atoms with E-state index in [4.69, 9.17) is 4.11 Å². The van der Waals surface area contributed by atoms with E-state index in [-0.39, 0.29) is 12.4 Å². The largest absolute Gasteiger partial charge is 0.416 e. The maximum Gasteiger partial charge on any atom is 0.416 e. The van der Waals surface area contributed by atoms with Crippen molar-refractivity contribution in [3.63, 3.8) is 0 Å². The van der Waals surface area contributed by atoms with E-state index in [1.54, 1.807) is 12.1 Å². The Labute approximate surface area is 168 Å². The van der Waals surface area contributed by atoms with Gasteiger partial charge >= 0.3 is 6.18 Å². The molecule has 0 aliphatic rings. The van der Waals surface area contributed by atoms with Crippen LogP contribution in [0.25, 0.3) is 10.8 Å². The number of halogens is 4. The average Bonchev–Trinajstić information content (AvgIpc) is 2.66. The molecule has 5 heteroatoms. The van der Waals surface area contributed by atoms with E-state index in [0.29, 0.717) is 30.5 Å². The standard InChI is InChI=1S/C22H22F3N.ClH/c1-16(20-13-5-10-18-9-2-3-12-21(18)20)26-14-6-8-17-7-4-11-19(15-17)22(23,24)25;/h2-5,7,9-13,15-16,26H,6,8,14H2,1H3;1H/t16-;/m1./s1/i1D3;. The van der Waals surface area contributed by atoms with Crippen LogP contribution in [0.1, 0.15) is 40.1 Å². The topological polar surface area (TPSA) is 12.0 Å². The Morgan fingerprint density at radius 1 is 1.00 bits per heavy atom. The smallest absolute Gasteiger partial charge is 0.310 e. The van der Waals surface area contributed by atoms with E-state index in [2.05, 4.69) is 5.32 Å². The van der Waals surface area contributed by atoms with E-state index in [9.17, 15) is 13.2 Å². The fraction of sp³-hybridized carbons (Fsp3) is 0.273. The van der Waals surface area contributed by atoms with Gasteiger partial charge in [-0.3, -0.25) is 0 Å². The average molecular weight is 397 g/mol. The Morgan fingerprint density at radius 2 is 1.74 bits per heavy atom. The van der Waals surface area contributed by atoms with Crippen LogP contribution >= 0.6 is 12.4 Å². The molecule has 1 nitrogen and oxygen atoms in total. The van der Waals surface area contributed by atoms with Crippen LogP contribution in [0.4, 0.5) is 13.2 Å². The van der Waals surface area contributed by atoms with Crippen LogP contribution in [-0.2, 0) is 12.6 Å². The lowest BCUT2D eigenvalue weighted by Crippen LogP contribution is -2.20. The van der Waals surface area contributed by atoms with Crippen LogP contribution in [0.5, 0.6) is 0 Å². The van der Waals surface area contributed by atoms with Gasteiger partial charge in [0.2, 0.25) is 0 Å². The zero-order valence-corrected chi connectivity index (χ0v) is 15.4. The molecule has 0 radical (unpaired) electrons. The van der Waals surface area contributed by atoms with Gasteiger partial charge in [-0.05, 0) is 54.2 Å². The van der Waals surface area contributed by atoms with Crippen molar-refractivity contribution in [3.8, 4) is 0 Å². The quantitative estimate of drug-likeness (QED) is 0.465. The van der Waals surface area contributed by atoms with Crippen molar-refractivity contribution in [2.75, 3.05) is 6.54 Å². The van der Waals surface area contributed by atoms with Gasteiger partial charge in [-0.2, -0.15) is 13.2 Å². The summed E-state index contributed by atoms with van der Waals surface area (Å²) in [7, 11) is 0. The van der Waals surface area contributed by atoms with Gasteiger partial charge in [0.05, 0.1) is 5.56 Å². The lowest BCUT2D eigenvalue weighted by Gasteiger charge is -2.17. The Hall–Kier alpha value is -2.04. The van der Waals surface area contributed by atoms with Crippen LogP contribution < -0.4 is 5.32 Å². The third-order valence-corrected chi connectivity index (χ3v) is 4.38. The summed E-state index contributed by atoms with van der Waals surface area (Å²) in [4.78, 5) is 0. The summed E-state index contributed by atoms with van der Waals surface area (Å²) in [6.45, 7) is -1.87. The van der Waals surface area contributed by atoms with Gasteiger partial charge in [0, 0.05) is 10.2 Å². The first-order chi connectivity index (χ1) is 13.7. The minimum absolute atomic E-state index is 0. The Kier molecular flexibility index (Phi) is 5.85. The molecule has 1 atom stereocenters. The zero-order valence-electron chi connectivity index (χ0n) is 17.6. The van der Waals surface area contributed by atoms with Gasteiger partial charge < -0.3 is 5.32 Å². The molecule has 0 spiro atoms. The molecule has 0 bridgehead atoms. The normalized spacial score (nSPS) is 14.7. The van der Waals surface area contributed by atoms with Gasteiger partial charge in [0.15, 0.2) is 0 Å². The number of alkyl halides is 3. The molecule has 0 fully saturated rings. The Morgan fingerprint density at radius 3 is 2.52 bits per heavy atom. The molecule has 3 aromatic carbocycles. The zero-order chi connectivity index (χ0) is 21.1. The van der Waals surface area contributed by atoms with Gasteiger partial charge in [0.1, 0.15) is 0 Å². The van der Waals surface area contributed by atoms with Crippen molar-refractivity contribution in [1.82, 2.24) is 5.32 Å². The Bertz CT molecular complexity index is 968. The second kappa shape index (κ2) is 9.25. The first kappa shape index (κ1) is 17.1. The lowest BCUT2D eigenvalue weighted by molar-refractivity contribution is -0.137. The molecular weight excluding hydrogens is 371 g/mol. The third kappa shape index (κ3) is 5.47. The molecule has 0 aliphatic carbocycles. The highest BCUT2D eigenvalue weighted by atomic mass is 35.5. The fourth-order valence-electron chi connectivity index (χ4n) is 3.05. The fourth-order valence-corrected chi connectivity index (χ4v) is 3.05. The van der Waals surface area contributed by atoms with E-state index >= 15 is 0 Å². The molecule has 0 amide bonds. The second-order valence-electron chi connectivity index (χ2n) is 6.26. The van der Waals surface area contributed by atoms with Crippen molar-refractivity contribution in [1.29, 1.82) is 0 Å². The molecule has 0 aliphatic heterocycles. The number of aryl methyl sites for hydroxylation is 1.